The van der Waals surface area contributed by atoms with Crippen LogP contribution in [0.5, 0.6) is 0 Å². The average Bonchev–Trinajstić information content (AvgIpc) is 2.89. The molecule has 6 nitrogen and oxygen atoms in total. The number of hydrogen-bond acceptors (Lipinski definition) is 4. The van der Waals surface area contributed by atoms with Crippen molar-refractivity contribution in [2.75, 3.05) is 0 Å². The fourth-order valence-corrected chi connectivity index (χ4v) is 1.58. The van der Waals surface area contributed by atoms with Gasteiger partial charge in [0.1, 0.15) is 0 Å². The maximum Gasteiger partial charge on any atom is 0.371 e. The maximum atomic E-state index is 11.9. The van der Waals surface area contributed by atoms with Gasteiger partial charge >= 0.3 is 5.97 Å². The monoisotopic (exact) mass is 260 g/mol. The number of amides is 1. The first kappa shape index (κ1) is 12.8. The van der Waals surface area contributed by atoms with Crippen LogP contribution in [0.2, 0.25) is 0 Å². The third-order valence-corrected chi connectivity index (χ3v) is 2.59. The van der Waals surface area contributed by atoms with E-state index in [1.54, 1.807) is 24.5 Å². The topological polar surface area (TPSA) is 92.4 Å². The van der Waals surface area contributed by atoms with Crippen LogP contribution in [0.4, 0.5) is 0 Å². The van der Waals surface area contributed by atoms with Crippen LogP contribution in [0.15, 0.2) is 41.1 Å². The Labute approximate surface area is 109 Å². The molecule has 1 amide bonds. The van der Waals surface area contributed by atoms with Gasteiger partial charge < -0.3 is 14.8 Å². The first-order valence-corrected chi connectivity index (χ1v) is 5.62. The predicted octanol–water partition coefficient (Wildman–Crippen LogP) is 1.86. The minimum absolute atomic E-state index is 0.0293. The Morgan fingerprint density at radius 2 is 1.84 bits per heavy atom. The number of carboxylic acid groups (broad SMARTS) is 1. The van der Waals surface area contributed by atoms with E-state index in [0.717, 1.165) is 5.56 Å². The Bertz CT molecular complexity index is 592. The molecule has 19 heavy (non-hydrogen) atoms. The number of aromatic nitrogens is 1. The molecule has 2 heterocycles. The van der Waals surface area contributed by atoms with Crippen LogP contribution in [0.3, 0.4) is 0 Å². The summed E-state index contributed by atoms with van der Waals surface area (Å²) in [5, 5.41) is 11.4. The number of carbonyl (C=O) groups excluding carboxylic acids is 1. The van der Waals surface area contributed by atoms with Crippen LogP contribution >= 0.6 is 0 Å². The van der Waals surface area contributed by atoms with Crippen molar-refractivity contribution < 1.29 is 19.1 Å². The molecule has 6 heteroatoms. The van der Waals surface area contributed by atoms with Crippen molar-refractivity contribution in [2.45, 2.75) is 13.0 Å². The molecule has 1 atom stereocenters. The highest BCUT2D eigenvalue weighted by Crippen LogP contribution is 2.13. The highest BCUT2D eigenvalue weighted by molar-refractivity contribution is 5.93. The molecular weight excluding hydrogens is 248 g/mol. The van der Waals surface area contributed by atoms with Crippen molar-refractivity contribution in [1.82, 2.24) is 10.3 Å². The molecule has 0 aromatic carbocycles. The van der Waals surface area contributed by atoms with Gasteiger partial charge in [0.25, 0.3) is 5.91 Å². The Morgan fingerprint density at radius 3 is 2.42 bits per heavy atom. The summed E-state index contributed by atoms with van der Waals surface area (Å²) in [4.78, 5) is 26.4. The van der Waals surface area contributed by atoms with E-state index in [1.165, 1.54) is 12.1 Å². The second-order valence-corrected chi connectivity index (χ2v) is 3.94. The Morgan fingerprint density at radius 1 is 1.21 bits per heavy atom. The Balaban J connectivity index is 2.06. The van der Waals surface area contributed by atoms with Crippen molar-refractivity contribution in [2.24, 2.45) is 0 Å². The maximum absolute atomic E-state index is 11.9. The largest absolute Gasteiger partial charge is 0.475 e. The normalized spacial score (nSPS) is 11.8. The van der Waals surface area contributed by atoms with E-state index in [2.05, 4.69) is 10.3 Å². The summed E-state index contributed by atoms with van der Waals surface area (Å²) in [5.41, 5.74) is 0.897. The van der Waals surface area contributed by atoms with Crippen LogP contribution in [0, 0.1) is 0 Å². The SMILES string of the molecule is CC(NC(=O)c1ccc(C(=O)O)o1)c1ccncc1. The van der Waals surface area contributed by atoms with Gasteiger partial charge in [-0.05, 0) is 36.8 Å². The molecule has 2 aromatic rings. The van der Waals surface area contributed by atoms with Crippen LogP contribution < -0.4 is 5.32 Å². The zero-order chi connectivity index (χ0) is 13.8. The van der Waals surface area contributed by atoms with E-state index in [1.807, 2.05) is 6.92 Å². The molecule has 1 unspecified atom stereocenters. The van der Waals surface area contributed by atoms with Gasteiger partial charge in [-0.2, -0.15) is 0 Å². The van der Waals surface area contributed by atoms with Crippen molar-refractivity contribution in [3.05, 3.63) is 53.7 Å². The zero-order valence-corrected chi connectivity index (χ0v) is 10.2. The van der Waals surface area contributed by atoms with E-state index in [9.17, 15) is 9.59 Å². The number of nitrogens with zero attached hydrogens (tertiary/aromatic N) is 1. The Kier molecular flexibility index (Phi) is 3.61. The van der Waals surface area contributed by atoms with E-state index in [-0.39, 0.29) is 17.6 Å². The summed E-state index contributed by atoms with van der Waals surface area (Å²) in [6.45, 7) is 1.81. The zero-order valence-electron chi connectivity index (χ0n) is 10.2. The molecule has 0 saturated heterocycles. The van der Waals surface area contributed by atoms with Crippen LogP contribution in [-0.2, 0) is 0 Å². The third kappa shape index (κ3) is 2.98. The lowest BCUT2D eigenvalue weighted by Crippen LogP contribution is -2.26. The van der Waals surface area contributed by atoms with Gasteiger partial charge in [0.15, 0.2) is 5.76 Å². The fraction of sp³-hybridized carbons (Fsp3) is 0.154. The summed E-state index contributed by atoms with van der Waals surface area (Å²) >= 11 is 0. The van der Waals surface area contributed by atoms with Crippen molar-refractivity contribution in [3.8, 4) is 0 Å². The molecule has 0 aliphatic carbocycles. The van der Waals surface area contributed by atoms with Gasteiger partial charge in [0.2, 0.25) is 5.76 Å². The summed E-state index contributed by atoms with van der Waals surface area (Å²) in [6.07, 6.45) is 3.26. The van der Waals surface area contributed by atoms with Gasteiger partial charge in [0, 0.05) is 12.4 Å². The van der Waals surface area contributed by atoms with Crippen LogP contribution in [0.25, 0.3) is 0 Å². The number of furan rings is 1. The minimum atomic E-state index is -1.21. The predicted molar refractivity (Wildman–Crippen MR) is 65.8 cm³/mol. The molecule has 0 radical (unpaired) electrons. The third-order valence-electron chi connectivity index (χ3n) is 2.59. The van der Waals surface area contributed by atoms with Crippen molar-refractivity contribution in [1.29, 1.82) is 0 Å². The van der Waals surface area contributed by atoms with E-state index < -0.39 is 11.9 Å². The number of aromatic carboxylic acids is 1. The van der Waals surface area contributed by atoms with E-state index >= 15 is 0 Å². The van der Waals surface area contributed by atoms with Crippen LogP contribution in [0.1, 0.15) is 39.6 Å². The quantitative estimate of drug-likeness (QED) is 0.875. The van der Waals surface area contributed by atoms with E-state index in [4.69, 9.17) is 9.52 Å². The summed E-state index contributed by atoms with van der Waals surface area (Å²) in [7, 11) is 0. The lowest BCUT2D eigenvalue weighted by Gasteiger charge is -2.12. The molecule has 2 rings (SSSR count). The second-order valence-electron chi connectivity index (χ2n) is 3.94. The number of nitrogens with one attached hydrogen (secondary N) is 1. The van der Waals surface area contributed by atoms with Gasteiger partial charge in [-0.15, -0.1) is 0 Å². The van der Waals surface area contributed by atoms with Crippen molar-refractivity contribution >= 4 is 11.9 Å². The molecule has 0 aliphatic heterocycles. The smallest absolute Gasteiger partial charge is 0.371 e. The molecule has 0 spiro atoms. The molecule has 0 aliphatic rings. The van der Waals surface area contributed by atoms with Crippen molar-refractivity contribution in [3.63, 3.8) is 0 Å². The first-order valence-electron chi connectivity index (χ1n) is 5.62. The number of carbonyl (C=O) groups is 2. The molecule has 0 saturated carbocycles. The fourth-order valence-electron chi connectivity index (χ4n) is 1.58. The molecule has 0 fully saturated rings. The highest BCUT2D eigenvalue weighted by atomic mass is 16.4. The standard InChI is InChI=1S/C13H12N2O4/c1-8(9-4-6-14-7-5-9)15-12(16)10-2-3-11(19-10)13(17)18/h2-8H,1H3,(H,15,16)(H,17,18). The van der Waals surface area contributed by atoms with Gasteiger partial charge in [0.05, 0.1) is 6.04 Å². The van der Waals surface area contributed by atoms with Gasteiger partial charge in [-0.1, -0.05) is 0 Å². The van der Waals surface area contributed by atoms with E-state index in [0.29, 0.717) is 0 Å². The lowest BCUT2D eigenvalue weighted by atomic mass is 10.1. The number of carboxylic acids is 1. The molecule has 98 valence electrons. The molecule has 2 N–H and O–H groups in total. The summed E-state index contributed by atoms with van der Waals surface area (Å²) in [5.74, 6) is -1.96. The molecule has 2 aromatic heterocycles. The summed E-state index contributed by atoms with van der Waals surface area (Å²) in [6, 6.07) is 5.92. The minimum Gasteiger partial charge on any atom is -0.475 e. The Hall–Kier alpha value is -2.63. The van der Waals surface area contributed by atoms with Gasteiger partial charge in [-0.25, -0.2) is 4.79 Å². The summed E-state index contributed by atoms with van der Waals surface area (Å²) < 4.78 is 4.92. The number of rotatable bonds is 4. The number of pyridine rings is 1. The highest BCUT2D eigenvalue weighted by Gasteiger charge is 2.17. The number of hydrogen-bond donors (Lipinski definition) is 2. The molecule has 0 bridgehead atoms. The van der Waals surface area contributed by atoms with Crippen LogP contribution in [-0.4, -0.2) is 22.0 Å². The van der Waals surface area contributed by atoms with Gasteiger partial charge in [-0.3, -0.25) is 9.78 Å². The molecular formula is C13H12N2O4. The first-order chi connectivity index (χ1) is 9.08. The second kappa shape index (κ2) is 5.34. The lowest BCUT2D eigenvalue weighted by molar-refractivity contribution is 0.0659. The average molecular weight is 260 g/mol.